The van der Waals surface area contributed by atoms with Crippen molar-refractivity contribution in [2.45, 2.75) is 20.3 Å². The summed E-state index contributed by atoms with van der Waals surface area (Å²) in [6, 6.07) is 4.14. The van der Waals surface area contributed by atoms with Gasteiger partial charge in [-0.3, -0.25) is 0 Å². The van der Waals surface area contributed by atoms with Crippen molar-refractivity contribution in [1.29, 1.82) is 0 Å². The Morgan fingerprint density at radius 2 is 2.00 bits per heavy atom. The van der Waals surface area contributed by atoms with Gasteiger partial charge in [-0.25, -0.2) is 0 Å². The molecule has 0 saturated heterocycles. The lowest BCUT2D eigenvalue weighted by molar-refractivity contribution is 0.417. The highest BCUT2D eigenvalue weighted by Gasteiger charge is 2.16. The Morgan fingerprint density at radius 1 is 1.29 bits per heavy atom. The fourth-order valence-corrected chi connectivity index (χ4v) is 2.67. The maximum absolute atomic E-state index is 5.68. The van der Waals surface area contributed by atoms with Crippen LogP contribution in [0, 0.1) is 13.8 Å². The first-order valence-electron chi connectivity index (χ1n) is 5.93. The third-order valence-electron chi connectivity index (χ3n) is 3.50. The zero-order valence-corrected chi connectivity index (χ0v) is 11.0. The SMILES string of the molecule is COc1ccc(C)c2c(C)c(CCN)n(C)c12. The molecule has 0 aliphatic carbocycles. The Labute approximate surface area is 102 Å². The van der Waals surface area contributed by atoms with Crippen LogP contribution >= 0.6 is 0 Å². The van der Waals surface area contributed by atoms with Crippen molar-refractivity contribution < 1.29 is 4.74 Å². The number of aromatic nitrogens is 1. The van der Waals surface area contributed by atoms with Gasteiger partial charge in [0.25, 0.3) is 0 Å². The minimum Gasteiger partial charge on any atom is -0.495 e. The molecule has 0 spiro atoms. The average Bonchev–Trinajstić information content (AvgIpc) is 2.56. The maximum atomic E-state index is 5.68. The fourth-order valence-electron chi connectivity index (χ4n) is 2.67. The zero-order chi connectivity index (χ0) is 12.6. The van der Waals surface area contributed by atoms with Crippen molar-refractivity contribution in [3.63, 3.8) is 0 Å². The molecule has 2 aromatic rings. The minimum atomic E-state index is 0.673. The molecule has 1 heterocycles. The summed E-state index contributed by atoms with van der Waals surface area (Å²) in [6.45, 7) is 4.98. The van der Waals surface area contributed by atoms with Crippen LogP contribution in [0.25, 0.3) is 10.9 Å². The molecule has 0 fully saturated rings. The Bertz CT molecular complexity index is 555. The lowest BCUT2D eigenvalue weighted by Gasteiger charge is -2.07. The molecule has 2 rings (SSSR count). The summed E-state index contributed by atoms with van der Waals surface area (Å²) in [5, 5.41) is 1.30. The van der Waals surface area contributed by atoms with Crippen LogP contribution in [0.15, 0.2) is 12.1 Å². The van der Waals surface area contributed by atoms with E-state index in [4.69, 9.17) is 10.5 Å². The lowest BCUT2D eigenvalue weighted by Crippen LogP contribution is -2.07. The van der Waals surface area contributed by atoms with Crippen LogP contribution in [-0.4, -0.2) is 18.2 Å². The van der Waals surface area contributed by atoms with Crippen molar-refractivity contribution in [2.75, 3.05) is 13.7 Å². The quantitative estimate of drug-likeness (QED) is 0.882. The molecule has 92 valence electrons. The number of nitrogens with zero attached hydrogens (tertiary/aromatic N) is 1. The first kappa shape index (κ1) is 12.0. The van der Waals surface area contributed by atoms with Gasteiger partial charge in [0, 0.05) is 24.5 Å². The third kappa shape index (κ3) is 1.71. The molecule has 0 unspecified atom stereocenters. The standard InChI is InChI=1S/C14H20N2O/c1-9-5-6-12(17-4)14-13(9)10(2)11(7-8-15)16(14)3/h5-6H,7-8,15H2,1-4H3. The molecule has 3 heteroatoms. The molecule has 2 N–H and O–H groups in total. The summed E-state index contributed by atoms with van der Waals surface area (Å²) in [4.78, 5) is 0. The predicted octanol–water partition coefficient (Wildman–Crippen LogP) is 2.30. The van der Waals surface area contributed by atoms with Crippen LogP contribution in [0.3, 0.4) is 0 Å². The first-order valence-corrected chi connectivity index (χ1v) is 5.93. The molecule has 0 aliphatic heterocycles. The van der Waals surface area contributed by atoms with Gasteiger partial charge in [-0.15, -0.1) is 0 Å². The van der Waals surface area contributed by atoms with Gasteiger partial charge in [0.1, 0.15) is 5.75 Å². The van der Waals surface area contributed by atoms with E-state index >= 15 is 0 Å². The van der Waals surface area contributed by atoms with Gasteiger partial charge in [0.2, 0.25) is 0 Å². The van der Waals surface area contributed by atoms with Crippen LogP contribution < -0.4 is 10.5 Å². The number of ether oxygens (including phenoxy) is 1. The molecule has 1 aromatic heterocycles. The summed E-state index contributed by atoms with van der Waals surface area (Å²) in [6.07, 6.45) is 0.902. The summed E-state index contributed by atoms with van der Waals surface area (Å²) in [7, 11) is 3.80. The second-order valence-electron chi connectivity index (χ2n) is 4.48. The van der Waals surface area contributed by atoms with E-state index in [-0.39, 0.29) is 0 Å². The van der Waals surface area contributed by atoms with Crippen molar-refractivity contribution in [1.82, 2.24) is 4.57 Å². The summed E-state index contributed by atoms with van der Waals surface area (Å²) in [5.74, 6) is 0.930. The molecule has 0 saturated carbocycles. The number of hydrogen-bond donors (Lipinski definition) is 1. The number of nitrogens with two attached hydrogens (primary N) is 1. The fraction of sp³-hybridized carbons (Fsp3) is 0.429. The van der Waals surface area contributed by atoms with Gasteiger partial charge in [-0.1, -0.05) is 6.07 Å². The Balaban J connectivity index is 2.85. The van der Waals surface area contributed by atoms with E-state index < -0.39 is 0 Å². The highest BCUT2D eigenvalue weighted by molar-refractivity contribution is 5.93. The van der Waals surface area contributed by atoms with Gasteiger partial charge >= 0.3 is 0 Å². The van der Waals surface area contributed by atoms with E-state index in [9.17, 15) is 0 Å². The van der Waals surface area contributed by atoms with Gasteiger partial charge < -0.3 is 15.0 Å². The Morgan fingerprint density at radius 3 is 2.59 bits per heavy atom. The van der Waals surface area contributed by atoms with E-state index in [2.05, 4.69) is 31.5 Å². The third-order valence-corrected chi connectivity index (χ3v) is 3.50. The van der Waals surface area contributed by atoms with E-state index in [1.54, 1.807) is 7.11 Å². The molecule has 0 atom stereocenters. The Kier molecular flexibility index (Phi) is 3.11. The van der Waals surface area contributed by atoms with Gasteiger partial charge in [-0.05, 0) is 37.6 Å². The monoisotopic (exact) mass is 232 g/mol. The zero-order valence-electron chi connectivity index (χ0n) is 11.0. The minimum absolute atomic E-state index is 0.673. The summed E-state index contributed by atoms with van der Waals surface area (Å²) >= 11 is 0. The number of benzene rings is 1. The van der Waals surface area contributed by atoms with Crippen LogP contribution in [-0.2, 0) is 13.5 Å². The number of fused-ring (bicyclic) bond motifs is 1. The normalized spacial score (nSPS) is 11.1. The summed E-state index contributed by atoms with van der Waals surface area (Å²) < 4.78 is 7.67. The molecule has 1 aromatic carbocycles. The molecule has 3 nitrogen and oxygen atoms in total. The van der Waals surface area contributed by atoms with Gasteiger partial charge in [0.05, 0.1) is 12.6 Å². The van der Waals surface area contributed by atoms with Crippen LogP contribution in [0.5, 0.6) is 5.75 Å². The Hall–Kier alpha value is -1.48. The topological polar surface area (TPSA) is 40.2 Å². The first-order chi connectivity index (χ1) is 8.11. The smallest absolute Gasteiger partial charge is 0.143 e. The number of methoxy groups -OCH3 is 1. The van der Waals surface area contributed by atoms with Crippen LogP contribution in [0.1, 0.15) is 16.8 Å². The van der Waals surface area contributed by atoms with Crippen LogP contribution in [0.4, 0.5) is 0 Å². The van der Waals surface area contributed by atoms with Gasteiger partial charge in [-0.2, -0.15) is 0 Å². The van der Waals surface area contributed by atoms with Crippen molar-refractivity contribution >= 4 is 10.9 Å². The molecule has 0 bridgehead atoms. The van der Waals surface area contributed by atoms with E-state index in [0.717, 1.165) is 12.2 Å². The number of rotatable bonds is 3. The van der Waals surface area contributed by atoms with Crippen molar-refractivity contribution in [2.24, 2.45) is 12.8 Å². The lowest BCUT2D eigenvalue weighted by atomic mass is 10.1. The molecular formula is C14H20N2O. The maximum Gasteiger partial charge on any atom is 0.143 e. The molecule has 17 heavy (non-hydrogen) atoms. The summed E-state index contributed by atoms with van der Waals surface area (Å²) in [5.41, 5.74) is 10.8. The number of hydrogen-bond acceptors (Lipinski definition) is 2. The molecule has 0 aliphatic rings. The molecular weight excluding hydrogens is 212 g/mol. The highest BCUT2D eigenvalue weighted by Crippen LogP contribution is 2.34. The second kappa shape index (κ2) is 4.41. The van der Waals surface area contributed by atoms with Crippen LogP contribution in [0.2, 0.25) is 0 Å². The largest absolute Gasteiger partial charge is 0.495 e. The van der Waals surface area contributed by atoms with Crippen molar-refractivity contribution in [3.05, 3.63) is 29.0 Å². The van der Waals surface area contributed by atoms with E-state index in [0.29, 0.717) is 6.54 Å². The van der Waals surface area contributed by atoms with E-state index in [1.807, 2.05) is 6.07 Å². The highest BCUT2D eigenvalue weighted by atomic mass is 16.5. The predicted molar refractivity (Wildman–Crippen MR) is 71.7 cm³/mol. The molecule has 0 amide bonds. The second-order valence-corrected chi connectivity index (χ2v) is 4.48. The van der Waals surface area contributed by atoms with Crippen molar-refractivity contribution in [3.8, 4) is 5.75 Å². The number of aryl methyl sites for hydroxylation is 3. The average molecular weight is 232 g/mol. The molecule has 0 radical (unpaired) electrons. The van der Waals surface area contributed by atoms with Gasteiger partial charge in [0.15, 0.2) is 0 Å². The van der Waals surface area contributed by atoms with E-state index in [1.165, 1.54) is 27.7 Å².